The number of rotatable bonds is 5. The Morgan fingerprint density at radius 2 is 2.12 bits per heavy atom. The Balaban J connectivity index is 2.61. The van der Waals surface area contributed by atoms with Gasteiger partial charge in [0.05, 0.1) is 4.88 Å². The first-order valence-electron chi connectivity index (χ1n) is 5.34. The Morgan fingerprint density at radius 1 is 1.47 bits per heavy atom. The van der Waals surface area contributed by atoms with Crippen LogP contribution in [0.3, 0.4) is 0 Å². The van der Waals surface area contributed by atoms with Gasteiger partial charge in [-0.25, -0.2) is 0 Å². The van der Waals surface area contributed by atoms with Gasteiger partial charge in [0.15, 0.2) is 5.78 Å². The van der Waals surface area contributed by atoms with Gasteiger partial charge in [0.2, 0.25) is 0 Å². The lowest BCUT2D eigenvalue weighted by atomic mass is 9.95. The van der Waals surface area contributed by atoms with Crippen LogP contribution in [0.4, 0.5) is 0 Å². The fourth-order valence-electron chi connectivity index (χ4n) is 1.10. The molecule has 0 saturated heterocycles. The molecular formula is C12H17NO3S. The number of hydrogen-bond acceptors (Lipinski definition) is 4. The average Bonchev–Trinajstić information content (AvgIpc) is 2.75. The molecule has 0 fully saturated rings. The molecule has 0 aromatic carbocycles. The lowest BCUT2D eigenvalue weighted by molar-refractivity contribution is 0.0915. The Hall–Kier alpha value is -1.20. The van der Waals surface area contributed by atoms with E-state index in [1.54, 1.807) is 11.4 Å². The van der Waals surface area contributed by atoms with E-state index in [0.717, 1.165) is 0 Å². The van der Waals surface area contributed by atoms with E-state index in [2.05, 4.69) is 5.32 Å². The monoisotopic (exact) mass is 255 g/mol. The van der Waals surface area contributed by atoms with Crippen LogP contribution in [-0.4, -0.2) is 29.9 Å². The molecule has 0 aliphatic heterocycles. The quantitative estimate of drug-likeness (QED) is 0.787. The first-order valence-corrected chi connectivity index (χ1v) is 6.22. The molecule has 5 heteroatoms. The number of carbonyl (C=O) groups excluding carboxylic acids is 2. The lowest BCUT2D eigenvalue weighted by Gasteiger charge is -2.21. The molecule has 0 radical (unpaired) electrons. The van der Waals surface area contributed by atoms with E-state index in [9.17, 15) is 9.59 Å². The van der Waals surface area contributed by atoms with Crippen molar-refractivity contribution in [2.24, 2.45) is 5.41 Å². The number of aliphatic hydroxyl groups is 1. The predicted molar refractivity (Wildman–Crippen MR) is 67.5 cm³/mol. The molecule has 0 unspecified atom stereocenters. The van der Waals surface area contributed by atoms with Crippen molar-refractivity contribution < 1.29 is 14.7 Å². The Bertz CT molecular complexity index is 423. The van der Waals surface area contributed by atoms with Crippen LogP contribution in [0.15, 0.2) is 11.4 Å². The average molecular weight is 255 g/mol. The molecule has 0 saturated carbocycles. The van der Waals surface area contributed by atoms with Crippen LogP contribution in [0.25, 0.3) is 0 Å². The molecule has 0 atom stereocenters. The number of carbonyl (C=O) groups is 2. The van der Waals surface area contributed by atoms with Gasteiger partial charge in [-0.1, -0.05) is 13.8 Å². The van der Waals surface area contributed by atoms with E-state index in [4.69, 9.17) is 5.11 Å². The predicted octanol–water partition coefficient (Wildman–Crippen LogP) is 1.70. The smallest absolute Gasteiger partial charge is 0.261 e. The Labute approximate surface area is 105 Å². The van der Waals surface area contributed by atoms with Gasteiger partial charge in [-0.15, -0.1) is 11.3 Å². The minimum absolute atomic E-state index is 0.0103. The van der Waals surface area contributed by atoms with Crippen molar-refractivity contribution in [2.75, 3.05) is 13.2 Å². The summed E-state index contributed by atoms with van der Waals surface area (Å²) >= 11 is 1.25. The summed E-state index contributed by atoms with van der Waals surface area (Å²) in [6.07, 6.45) is 0. The molecule has 1 amide bonds. The fourth-order valence-corrected chi connectivity index (χ4v) is 1.96. The lowest BCUT2D eigenvalue weighted by Crippen LogP contribution is -2.35. The van der Waals surface area contributed by atoms with Gasteiger partial charge < -0.3 is 10.4 Å². The maximum Gasteiger partial charge on any atom is 0.261 e. The van der Waals surface area contributed by atoms with E-state index < -0.39 is 0 Å². The van der Waals surface area contributed by atoms with Crippen LogP contribution < -0.4 is 5.32 Å². The van der Waals surface area contributed by atoms with Crippen LogP contribution in [0.2, 0.25) is 0 Å². The summed E-state index contributed by atoms with van der Waals surface area (Å²) in [5, 5.41) is 13.5. The zero-order valence-corrected chi connectivity index (χ0v) is 11.1. The van der Waals surface area contributed by atoms with Gasteiger partial charge in [-0.2, -0.15) is 0 Å². The molecule has 94 valence electrons. The number of aliphatic hydroxyl groups excluding tert-OH is 1. The highest BCUT2D eigenvalue weighted by molar-refractivity contribution is 7.12. The second-order valence-electron chi connectivity index (χ2n) is 4.76. The number of Topliss-reactive ketones (excluding diaryl/α,β-unsaturated/α-hetero) is 1. The minimum atomic E-state index is -0.337. The number of thiophene rings is 1. The minimum Gasteiger partial charge on any atom is -0.396 e. The van der Waals surface area contributed by atoms with E-state index in [0.29, 0.717) is 17.0 Å². The Kier molecular flexibility index (Phi) is 4.42. The van der Waals surface area contributed by atoms with Gasteiger partial charge in [0.25, 0.3) is 5.91 Å². The molecule has 0 spiro atoms. The summed E-state index contributed by atoms with van der Waals surface area (Å²) in [4.78, 5) is 23.4. The molecular weight excluding hydrogens is 238 g/mol. The highest BCUT2D eigenvalue weighted by Gasteiger charge is 2.18. The molecule has 1 aromatic rings. The van der Waals surface area contributed by atoms with Gasteiger partial charge in [0.1, 0.15) is 0 Å². The maximum atomic E-state index is 11.7. The molecule has 2 N–H and O–H groups in total. The highest BCUT2D eigenvalue weighted by Crippen LogP contribution is 2.16. The van der Waals surface area contributed by atoms with E-state index in [1.165, 1.54) is 18.3 Å². The summed E-state index contributed by atoms with van der Waals surface area (Å²) in [6, 6.07) is 1.59. The summed E-state index contributed by atoms with van der Waals surface area (Å²) in [6.45, 7) is 5.61. The third kappa shape index (κ3) is 3.94. The third-order valence-corrected chi connectivity index (χ3v) is 3.31. The highest BCUT2D eigenvalue weighted by atomic mass is 32.1. The van der Waals surface area contributed by atoms with E-state index in [1.807, 2.05) is 13.8 Å². The number of amides is 1. The second kappa shape index (κ2) is 5.42. The van der Waals surface area contributed by atoms with E-state index >= 15 is 0 Å². The molecule has 0 aliphatic rings. The third-order valence-electron chi connectivity index (χ3n) is 2.39. The van der Waals surface area contributed by atoms with Crippen molar-refractivity contribution in [3.05, 3.63) is 21.9 Å². The standard InChI is InChI=1S/C12H17NO3S/c1-8(15)9-4-10(17-5-9)11(16)13-6-12(2,3)7-14/h4-5,14H,6-7H2,1-3H3,(H,13,16). The number of hydrogen-bond donors (Lipinski definition) is 2. The zero-order valence-electron chi connectivity index (χ0n) is 10.2. The molecule has 0 bridgehead atoms. The van der Waals surface area contributed by atoms with Crippen molar-refractivity contribution in [2.45, 2.75) is 20.8 Å². The van der Waals surface area contributed by atoms with Crippen LogP contribution in [0, 0.1) is 5.41 Å². The Morgan fingerprint density at radius 3 is 2.59 bits per heavy atom. The molecule has 1 heterocycles. The normalized spacial score (nSPS) is 11.3. The summed E-state index contributed by atoms with van der Waals surface area (Å²) in [7, 11) is 0. The van der Waals surface area contributed by atoms with Crippen LogP contribution in [0.1, 0.15) is 40.8 Å². The van der Waals surface area contributed by atoms with Crippen molar-refractivity contribution in [1.29, 1.82) is 0 Å². The van der Waals surface area contributed by atoms with Gasteiger partial charge >= 0.3 is 0 Å². The summed E-state index contributed by atoms with van der Waals surface area (Å²) in [5.41, 5.74) is 0.220. The van der Waals surface area contributed by atoms with Crippen molar-refractivity contribution in [3.63, 3.8) is 0 Å². The number of nitrogens with one attached hydrogen (secondary N) is 1. The molecule has 17 heavy (non-hydrogen) atoms. The molecule has 1 aromatic heterocycles. The summed E-state index contributed by atoms with van der Waals surface area (Å²) in [5.74, 6) is -0.250. The van der Waals surface area contributed by atoms with Crippen molar-refractivity contribution in [3.8, 4) is 0 Å². The number of ketones is 1. The van der Waals surface area contributed by atoms with E-state index in [-0.39, 0.29) is 23.7 Å². The van der Waals surface area contributed by atoms with Crippen molar-refractivity contribution in [1.82, 2.24) is 5.32 Å². The topological polar surface area (TPSA) is 66.4 Å². The van der Waals surface area contributed by atoms with Gasteiger partial charge in [0, 0.05) is 29.5 Å². The molecule has 0 aliphatic carbocycles. The first-order chi connectivity index (χ1) is 7.85. The SMILES string of the molecule is CC(=O)c1csc(C(=O)NCC(C)(C)CO)c1. The molecule has 4 nitrogen and oxygen atoms in total. The fraction of sp³-hybridized carbons (Fsp3) is 0.500. The zero-order chi connectivity index (χ0) is 13.1. The summed E-state index contributed by atoms with van der Waals surface area (Å²) < 4.78 is 0. The maximum absolute atomic E-state index is 11.7. The van der Waals surface area contributed by atoms with Crippen molar-refractivity contribution >= 4 is 23.0 Å². The van der Waals surface area contributed by atoms with Gasteiger partial charge in [-0.05, 0) is 13.0 Å². The first kappa shape index (κ1) is 13.9. The second-order valence-corrected chi connectivity index (χ2v) is 5.67. The van der Waals surface area contributed by atoms with Gasteiger partial charge in [-0.3, -0.25) is 9.59 Å². The van der Waals surface area contributed by atoms with Crippen LogP contribution >= 0.6 is 11.3 Å². The molecule has 1 rings (SSSR count). The largest absolute Gasteiger partial charge is 0.396 e. The van der Waals surface area contributed by atoms with Crippen LogP contribution in [-0.2, 0) is 0 Å². The van der Waals surface area contributed by atoms with Crippen LogP contribution in [0.5, 0.6) is 0 Å².